The number of aromatic nitrogens is 3. The second-order valence-electron chi connectivity index (χ2n) is 5.96. The standard InChI is InChI=1S/C19H13ClN4O4S/c20-13-5-2-1-4-11(13)9-24-17(26)12(8-21-19(24)27)16(25)23-18-22-14(10-29-18)15-6-3-7-28-15/h1-8,10H,9H2,(H,21,27)(H,22,23,25). The molecule has 3 heterocycles. The summed E-state index contributed by atoms with van der Waals surface area (Å²) in [5.41, 5.74) is -0.434. The van der Waals surface area contributed by atoms with Gasteiger partial charge in [-0.15, -0.1) is 11.3 Å². The van der Waals surface area contributed by atoms with Crippen molar-refractivity contribution in [2.24, 2.45) is 0 Å². The van der Waals surface area contributed by atoms with Crippen molar-refractivity contribution in [3.63, 3.8) is 0 Å². The molecule has 0 saturated heterocycles. The number of nitrogens with zero attached hydrogens (tertiary/aromatic N) is 2. The van der Waals surface area contributed by atoms with Crippen LogP contribution >= 0.6 is 22.9 Å². The van der Waals surface area contributed by atoms with Crippen LogP contribution < -0.4 is 16.6 Å². The van der Waals surface area contributed by atoms with Crippen LogP contribution in [-0.4, -0.2) is 20.4 Å². The number of thiazole rings is 1. The topological polar surface area (TPSA) is 110 Å². The number of rotatable bonds is 5. The van der Waals surface area contributed by atoms with E-state index in [0.717, 1.165) is 10.8 Å². The van der Waals surface area contributed by atoms with Crippen molar-refractivity contribution in [2.45, 2.75) is 6.54 Å². The van der Waals surface area contributed by atoms with E-state index in [-0.39, 0.29) is 12.1 Å². The summed E-state index contributed by atoms with van der Waals surface area (Å²) in [7, 11) is 0. The summed E-state index contributed by atoms with van der Waals surface area (Å²) in [5.74, 6) is -0.118. The lowest BCUT2D eigenvalue weighted by Gasteiger charge is -2.08. The van der Waals surface area contributed by atoms with Gasteiger partial charge in [0.25, 0.3) is 11.5 Å². The van der Waals surface area contributed by atoms with Gasteiger partial charge in [0.2, 0.25) is 0 Å². The van der Waals surface area contributed by atoms with E-state index in [1.165, 1.54) is 17.6 Å². The normalized spacial score (nSPS) is 10.8. The zero-order valence-corrected chi connectivity index (χ0v) is 16.3. The zero-order valence-electron chi connectivity index (χ0n) is 14.7. The molecule has 29 heavy (non-hydrogen) atoms. The molecule has 0 fully saturated rings. The number of anilines is 1. The summed E-state index contributed by atoms with van der Waals surface area (Å²) in [5, 5.41) is 5.00. The quantitative estimate of drug-likeness (QED) is 0.507. The van der Waals surface area contributed by atoms with Crippen LogP contribution in [0.3, 0.4) is 0 Å². The largest absolute Gasteiger partial charge is 0.463 e. The minimum atomic E-state index is -0.728. The molecule has 4 rings (SSSR count). The highest BCUT2D eigenvalue weighted by Crippen LogP contribution is 2.25. The van der Waals surface area contributed by atoms with Gasteiger partial charge < -0.3 is 9.40 Å². The fraction of sp³-hybridized carbons (Fsp3) is 0.0526. The van der Waals surface area contributed by atoms with Crippen molar-refractivity contribution < 1.29 is 9.21 Å². The van der Waals surface area contributed by atoms with Crippen LogP contribution in [0.1, 0.15) is 15.9 Å². The molecule has 0 spiro atoms. The number of hydrogen-bond donors (Lipinski definition) is 2. The summed E-state index contributed by atoms with van der Waals surface area (Å²) in [4.78, 5) is 44.1. The van der Waals surface area contributed by atoms with E-state index >= 15 is 0 Å². The maximum atomic E-state index is 12.7. The molecule has 10 heteroatoms. The van der Waals surface area contributed by atoms with Crippen molar-refractivity contribution in [1.82, 2.24) is 14.5 Å². The maximum absolute atomic E-state index is 12.7. The number of carbonyl (C=O) groups excluding carboxylic acids is 1. The van der Waals surface area contributed by atoms with E-state index in [0.29, 0.717) is 27.2 Å². The molecule has 1 amide bonds. The number of amides is 1. The Morgan fingerprint density at radius 2 is 2.07 bits per heavy atom. The molecular formula is C19H13ClN4O4S. The third-order valence-electron chi connectivity index (χ3n) is 4.09. The van der Waals surface area contributed by atoms with Gasteiger partial charge in [-0.3, -0.25) is 19.5 Å². The van der Waals surface area contributed by atoms with Gasteiger partial charge in [-0.25, -0.2) is 9.78 Å². The van der Waals surface area contributed by atoms with E-state index in [4.69, 9.17) is 16.0 Å². The molecule has 0 aliphatic carbocycles. The van der Waals surface area contributed by atoms with Gasteiger partial charge in [0, 0.05) is 16.6 Å². The van der Waals surface area contributed by atoms with Crippen molar-refractivity contribution in [3.05, 3.63) is 91.2 Å². The van der Waals surface area contributed by atoms with Crippen LogP contribution in [-0.2, 0) is 6.54 Å². The molecule has 0 atom stereocenters. The molecule has 1 aromatic carbocycles. The average molecular weight is 429 g/mol. The molecule has 8 nitrogen and oxygen atoms in total. The minimum Gasteiger partial charge on any atom is -0.463 e. The molecule has 0 radical (unpaired) electrons. The lowest BCUT2D eigenvalue weighted by Crippen LogP contribution is -2.39. The molecule has 0 unspecified atom stereocenters. The van der Waals surface area contributed by atoms with Crippen LogP contribution in [0, 0.1) is 0 Å². The molecule has 0 saturated carbocycles. The first-order valence-corrected chi connectivity index (χ1v) is 9.65. The van der Waals surface area contributed by atoms with E-state index in [1.807, 2.05) is 0 Å². The average Bonchev–Trinajstić information content (AvgIpc) is 3.38. The van der Waals surface area contributed by atoms with Crippen LogP contribution in [0.5, 0.6) is 0 Å². The Morgan fingerprint density at radius 3 is 2.83 bits per heavy atom. The summed E-state index contributed by atoms with van der Waals surface area (Å²) in [6.07, 6.45) is 2.61. The molecule has 4 aromatic rings. The maximum Gasteiger partial charge on any atom is 0.328 e. The lowest BCUT2D eigenvalue weighted by atomic mass is 10.2. The summed E-state index contributed by atoms with van der Waals surface area (Å²) >= 11 is 7.30. The van der Waals surface area contributed by atoms with E-state index < -0.39 is 17.2 Å². The molecule has 146 valence electrons. The van der Waals surface area contributed by atoms with Gasteiger partial charge in [-0.05, 0) is 23.8 Å². The van der Waals surface area contributed by atoms with E-state index in [2.05, 4.69) is 15.3 Å². The SMILES string of the molecule is O=C(Nc1nc(-c2ccco2)cs1)c1c[nH]c(=O)n(Cc2ccccc2Cl)c1=O. The fourth-order valence-corrected chi connectivity index (χ4v) is 3.54. The number of aromatic amines is 1. The molecule has 2 N–H and O–H groups in total. The third kappa shape index (κ3) is 3.91. The van der Waals surface area contributed by atoms with Gasteiger partial charge in [0.15, 0.2) is 10.9 Å². The van der Waals surface area contributed by atoms with Gasteiger partial charge in [-0.1, -0.05) is 29.8 Å². The Hall–Kier alpha value is -3.43. The van der Waals surface area contributed by atoms with Gasteiger partial charge in [-0.2, -0.15) is 0 Å². The van der Waals surface area contributed by atoms with E-state index in [9.17, 15) is 14.4 Å². The lowest BCUT2D eigenvalue weighted by molar-refractivity contribution is 0.102. The number of hydrogen-bond acceptors (Lipinski definition) is 6. The summed E-state index contributed by atoms with van der Waals surface area (Å²) < 4.78 is 6.19. The second kappa shape index (κ2) is 7.90. The predicted molar refractivity (Wildman–Crippen MR) is 110 cm³/mol. The number of halogens is 1. The Morgan fingerprint density at radius 1 is 1.24 bits per heavy atom. The van der Waals surface area contributed by atoms with Crippen molar-refractivity contribution in [1.29, 1.82) is 0 Å². The highest BCUT2D eigenvalue weighted by molar-refractivity contribution is 7.14. The highest BCUT2D eigenvalue weighted by atomic mass is 35.5. The Labute approximate surface area is 172 Å². The first kappa shape index (κ1) is 18.9. The van der Waals surface area contributed by atoms with Gasteiger partial charge in [0.05, 0.1) is 12.8 Å². The summed E-state index contributed by atoms with van der Waals surface area (Å²) in [6.45, 7) is -0.0607. The van der Waals surface area contributed by atoms with Crippen LogP contribution in [0.2, 0.25) is 5.02 Å². The predicted octanol–water partition coefficient (Wildman–Crippen LogP) is 3.21. The molecule has 0 aliphatic heterocycles. The number of benzene rings is 1. The van der Waals surface area contributed by atoms with Crippen LogP contribution in [0.15, 0.2) is 68.2 Å². The smallest absolute Gasteiger partial charge is 0.328 e. The van der Waals surface area contributed by atoms with Crippen LogP contribution in [0.25, 0.3) is 11.5 Å². The number of carbonyl (C=O) groups is 1. The Kier molecular flexibility index (Phi) is 5.15. The number of furan rings is 1. The zero-order chi connectivity index (χ0) is 20.4. The Balaban J connectivity index is 1.60. The summed E-state index contributed by atoms with van der Waals surface area (Å²) in [6, 6.07) is 10.3. The molecule has 0 aliphatic rings. The first-order chi connectivity index (χ1) is 14.0. The third-order valence-corrected chi connectivity index (χ3v) is 5.22. The first-order valence-electron chi connectivity index (χ1n) is 8.39. The van der Waals surface area contributed by atoms with Crippen molar-refractivity contribution in [3.8, 4) is 11.5 Å². The van der Waals surface area contributed by atoms with Gasteiger partial charge >= 0.3 is 5.69 Å². The molecule has 3 aromatic heterocycles. The second-order valence-corrected chi connectivity index (χ2v) is 7.22. The molecular weight excluding hydrogens is 416 g/mol. The fourth-order valence-electron chi connectivity index (χ4n) is 2.65. The minimum absolute atomic E-state index is 0.0607. The number of nitrogens with one attached hydrogen (secondary N) is 2. The Bertz CT molecular complexity index is 1290. The molecule has 0 bridgehead atoms. The van der Waals surface area contributed by atoms with Gasteiger partial charge in [0.1, 0.15) is 11.3 Å². The number of H-pyrrole nitrogens is 1. The van der Waals surface area contributed by atoms with Crippen molar-refractivity contribution >= 4 is 34.0 Å². The van der Waals surface area contributed by atoms with E-state index in [1.54, 1.807) is 41.8 Å². The van der Waals surface area contributed by atoms with Crippen LogP contribution in [0.4, 0.5) is 5.13 Å². The monoisotopic (exact) mass is 428 g/mol. The highest BCUT2D eigenvalue weighted by Gasteiger charge is 2.17. The van der Waals surface area contributed by atoms with Crippen molar-refractivity contribution in [2.75, 3.05) is 5.32 Å².